The van der Waals surface area contributed by atoms with Crippen LogP contribution < -0.4 is 10.2 Å². The monoisotopic (exact) mass is 396 g/mol. The number of benzene rings is 1. The van der Waals surface area contributed by atoms with Crippen molar-refractivity contribution in [3.8, 4) is 0 Å². The summed E-state index contributed by atoms with van der Waals surface area (Å²) >= 11 is 5.77. The zero-order valence-electron chi connectivity index (χ0n) is 14.8. The number of carbonyl (C=O) groups excluding carboxylic acids is 1. The molecule has 1 aromatic carbocycles. The van der Waals surface area contributed by atoms with Gasteiger partial charge in [0.05, 0.1) is 11.4 Å². The number of anilines is 1. The van der Waals surface area contributed by atoms with Gasteiger partial charge in [0.15, 0.2) is 0 Å². The average Bonchev–Trinajstić information content (AvgIpc) is 2.60. The summed E-state index contributed by atoms with van der Waals surface area (Å²) in [6.07, 6.45) is 1.67. The third kappa shape index (κ3) is 5.17. The van der Waals surface area contributed by atoms with E-state index in [0.29, 0.717) is 5.02 Å². The molecule has 0 saturated heterocycles. The number of hydrogen-bond donors (Lipinski definition) is 1. The molecule has 0 aliphatic rings. The molecule has 2 aromatic rings. The lowest BCUT2D eigenvalue weighted by Gasteiger charge is -2.17. The number of aromatic nitrogens is 1. The van der Waals surface area contributed by atoms with E-state index >= 15 is 0 Å². The van der Waals surface area contributed by atoms with E-state index in [9.17, 15) is 13.2 Å². The average molecular weight is 397 g/mol. The van der Waals surface area contributed by atoms with Crippen molar-refractivity contribution in [2.75, 3.05) is 32.6 Å². The summed E-state index contributed by atoms with van der Waals surface area (Å²) in [5, 5.41) is 3.13. The van der Waals surface area contributed by atoms with Gasteiger partial charge in [-0.25, -0.2) is 13.4 Å². The molecule has 0 atom stereocenters. The minimum atomic E-state index is -3.75. The van der Waals surface area contributed by atoms with Crippen molar-refractivity contribution in [2.24, 2.45) is 0 Å². The largest absolute Gasteiger partial charge is 0.363 e. The van der Waals surface area contributed by atoms with Crippen molar-refractivity contribution in [2.45, 2.75) is 11.4 Å². The van der Waals surface area contributed by atoms with E-state index in [1.54, 1.807) is 6.20 Å². The highest BCUT2D eigenvalue weighted by molar-refractivity contribution is 7.89. The quantitative estimate of drug-likeness (QED) is 0.770. The molecular weight excluding hydrogens is 376 g/mol. The van der Waals surface area contributed by atoms with Crippen molar-refractivity contribution in [1.82, 2.24) is 14.6 Å². The predicted molar refractivity (Wildman–Crippen MR) is 102 cm³/mol. The molecule has 1 heterocycles. The van der Waals surface area contributed by atoms with Gasteiger partial charge in [-0.05, 0) is 35.9 Å². The fourth-order valence-corrected chi connectivity index (χ4v) is 3.37. The Balaban J connectivity index is 1.93. The highest BCUT2D eigenvalue weighted by Crippen LogP contribution is 2.17. The molecule has 0 unspecified atom stereocenters. The Labute approximate surface area is 158 Å². The number of nitrogens with zero attached hydrogens (tertiary/aromatic N) is 3. The van der Waals surface area contributed by atoms with Gasteiger partial charge in [0.1, 0.15) is 5.82 Å². The number of carbonyl (C=O) groups is 1. The molecular formula is C17H21ClN4O3S. The number of pyridine rings is 1. The molecule has 0 bridgehead atoms. The molecule has 0 spiro atoms. The van der Waals surface area contributed by atoms with Gasteiger partial charge in [-0.15, -0.1) is 0 Å². The zero-order valence-corrected chi connectivity index (χ0v) is 16.4. The molecule has 0 saturated carbocycles. The summed E-state index contributed by atoms with van der Waals surface area (Å²) in [5.41, 5.74) is 0.826. The Morgan fingerprint density at radius 2 is 1.77 bits per heavy atom. The fraction of sp³-hybridized carbons (Fsp3) is 0.294. The molecule has 1 N–H and O–H groups in total. The van der Waals surface area contributed by atoms with Gasteiger partial charge in [-0.2, -0.15) is 4.31 Å². The maximum absolute atomic E-state index is 12.4. The lowest BCUT2D eigenvalue weighted by atomic mass is 10.3. The molecule has 0 aliphatic carbocycles. The number of sulfonamides is 1. The summed E-state index contributed by atoms with van der Waals surface area (Å²) < 4.78 is 25.9. The van der Waals surface area contributed by atoms with Gasteiger partial charge in [0, 0.05) is 38.9 Å². The molecule has 1 aromatic heterocycles. The van der Waals surface area contributed by atoms with Gasteiger partial charge in [0.25, 0.3) is 0 Å². The first-order chi connectivity index (χ1) is 12.2. The van der Waals surface area contributed by atoms with Gasteiger partial charge in [-0.3, -0.25) is 4.79 Å². The Morgan fingerprint density at radius 3 is 2.31 bits per heavy atom. The fourth-order valence-electron chi connectivity index (χ4n) is 2.12. The topological polar surface area (TPSA) is 82.6 Å². The van der Waals surface area contributed by atoms with Gasteiger partial charge < -0.3 is 10.2 Å². The van der Waals surface area contributed by atoms with Gasteiger partial charge in [0.2, 0.25) is 15.9 Å². The highest BCUT2D eigenvalue weighted by Gasteiger charge is 2.22. The minimum absolute atomic E-state index is 0.0840. The third-order valence-corrected chi connectivity index (χ3v) is 5.71. The third-order valence-electron chi connectivity index (χ3n) is 3.65. The smallest absolute Gasteiger partial charge is 0.243 e. The van der Waals surface area contributed by atoms with E-state index < -0.39 is 15.9 Å². The van der Waals surface area contributed by atoms with Crippen LogP contribution in [-0.4, -0.2) is 51.3 Å². The van der Waals surface area contributed by atoms with E-state index in [-0.39, 0.29) is 18.0 Å². The van der Waals surface area contributed by atoms with Crippen LogP contribution >= 0.6 is 11.6 Å². The predicted octanol–water partition coefficient (Wildman–Crippen LogP) is 1.74. The number of halogens is 1. The number of nitrogens with one attached hydrogen (secondary N) is 1. The van der Waals surface area contributed by atoms with E-state index in [0.717, 1.165) is 15.7 Å². The molecule has 140 valence electrons. The highest BCUT2D eigenvalue weighted by atomic mass is 35.5. The molecule has 7 nitrogen and oxygen atoms in total. The second kappa shape index (κ2) is 8.48. The van der Waals surface area contributed by atoms with Gasteiger partial charge in [-0.1, -0.05) is 17.7 Å². The maximum atomic E-state index is 12.4. The van der Waals surface area contributed by atoms with Crippen LogP contribution in [-0.2, 0) is 21.4 Å². The van der Waals surface area contributed by atoms with Crippen LogP contribution in [0.2, 0.25) is 5.02 Å². The van der Waals surface area contributed by atoms with Crippen LogP contribution in [0.3, 0.4) is 0 Å². The molecule has 2 rings (SSSR count). The molecule has 1 amide bonds. The maximum Gasteiger partial charge on any atom is 0.243 e. The molecule has 9 heteroatoms. The minimum Gasteiger partial charge on any atom is -0.363 e. The number of rotatable bonds is 7. The lowest BCUT2D eigenvalue weighted by Crippen LogP contribution is -2.38. The van der Waals surface area contributed by atoms with Crippen molar-refractivity contribution < 1.29 is 13.2 Å². The first kappa shape index (κ1) is 20.2. The van der Waals surface area contributed by atoms with Crippen molar-refractivity contribution in [3.05, 3.63) is 53.2 Å². The van der Waals surface area contributed by atoms with Crippen LogP contribution in [0.15, 0.2) is 47.5 Å². The van der Waals surface area contributed by atoms with Crippen molar-refractivity contribution in [3.63, 3.8) is 0 Å². The molecule has 0 fully saturated rings. The zero-order chi connectivity index (χ0) is 19.3. The van der Waals surface area contributed by atoms with Crippen LogP contribution in [0.5, 0.6) is 0 Å². The molecule has 0 radical (unpaired) electrons. The van der Waals surface area contributed by atoms with E-state index in [4.69, 9.17) is 11.6 Å². The first-order valence-corrected chi connectivity index (χ1v) is 9.63. The Bertz CT molecular complexity index is 853. The number of likely N-dealkylation sites (N-methyl/N-ethyl adjacent to an activating group) is 1. The van der Waals surface area contributed by atoms with E-state index in [2.05, 4.69) is 10.3 Å². The van der Waals surface area contributed by atoms with Gasteiger partial charge >= 0.3 is 0 Å². The van der Waals surface area contributed by atoms with Crippen molar-refractivity contribution >= 4 is 33.3 Å². The normalized spacial score (nSPS) is 11.4. The number of amides is 1. The Morgan fingerprint density at radius 1 is 1.12 bits per heavy atom. The number of hydrogen-bond acceptors (Lipinski definition) is 5. The second-order valence-electron chi connectivity index (χ2n) is 5.91. The summed E-state index contributed by atoms with van der Waals surface area (Å²) in [7, 11) is 1.38. The van der Waals surface area contributed by atoms with E-state index in [1.165, 1.54) is 31.3 Å². The molecule has 0 aliphatic heterocycles. The van der Waals surface area contributed by atoms with Crippen LogP contribution in [0.1, 0.15) is 5.56 Å². The summed E-state index contributed by atoms with van der Waals surface area (Å²) in [6.45, 7) is -0.0114. The van der Waals surface area contributed by atoms with Crippen LogP contribution in [0, 0.1) is 0 Å². The summed E-state index contributed by atoms with van der Waals surface area (Å²) in [5.74, 6) is 0.413. The first-order valence-electron chi connectivity index (χ1n) is 7.81. The lowest BCUT2D eigenvalue weighted by molar-refractivity contribution is -0.121. The SMILES string of the molecule is CN(C)c1ccc(CNC(=O)CN(C)S(=O)(=O)c2ccc(Cl)cc2)cn1. The van der Waals surface area contributed by atoms with Crippen molar-refractivity contribution in [1.29, 1.82) is 0 Å². The Hall–Kier alpha value is -2.16. The summed E-state index contributed by atoms with van der Waals surface area (Å²) in [6, 6.07) is 9.50. The molecule has 26 heavy (non-hydrogen) atoms. The standard InChI is InChI=1S/C17H21ClN4O3S/c1-21(2)16-9-4-13(10-19-16)11-20-17(23)12-22(3)26(24,25)15-7-5-14(18)6-8-15/h4-10H,11-12H2,1-3H3,(H,20,23). The van der Waals surface area contributed by atoms with Crippen LogP contribution in [0.4, 0.5) is 5.82 Å². The van der Waals surface area contributed by atoms with Crippen LogP contribution in [0.25, 0.3) is 0 Å². The summed E-state index contributed by atoms with van der Waals surface area (Å²) in [4.78, 5) is 18.3. The van der Waals surface area contributed by atoms with E-state index in [1.807, 2.05) is 31.1 Å². The Kier molecular flexibility index (Phi) is 6.57. The second-order valence-corrected chi connectivity index (χ2v) is 8.39.